The Bertz CT molecular complexity index is 1730. The van der Waals surface area contributed by atoms with Crippen LogP contribution >= 0.6 is 0 Å². The minimum absolute atomic E-state index is 0.0745. The van der Waals surface area contributed by atoms with Crippen molar-refractivity contribution in [3.8, 4) is 0 Å². The van der Waals surface area contributed by atoms with Crippen LogP contribution < -0.4 is 15.1 Å². The molecule has 3 heterocycles. The van der Waals surface area contributed by atoms with Crippen LogP contribution in [-0.4, -0.2) is 66.2 Å². The topological polar surface area (TPSA) is 112 Å². The first-order chi connectivity index (χ1) is 21.9. The third-order valence-electron chi connectivity index (χ3n) is 7.80. The molecule has 1 saturated heterocycles. The normalized spacial score (nSPS) is 15.0. The summed E-state index contributed by atoms with van der Waals surface area (Å²) < 4.78 is 20.0. The van der Waals surface area contributed by atoms with E-state index < -0.39 is 41.9 Å². The predicted molar refractivity (Wildman–Crippen MR) is 165 cm³/mol. The highest BCUT2D eigenvalue weighted by atomic mass is 19.1. The fraction of sp³-hybridized carbons (Fsp3) is 0.206. The molecule has 10 nitrogen and oxygen atoms in total. The molecule has 1 atom stereocenters. The lowest BCUT2D eigenvalue weighted by Crippen LogP contribution is -2.46. The zero-order chi connectivity index (χ0) is 31.3. The van der Waals surface area contributed by atoms with Gasteiger partial charge in [-0.15, -0.1) is 0 Å². The molecular weight excluding hydrogens is 577 g/mol. The number of benzene rings is 3. The Labute approximate surface area is 259 Å². The Morgan fingerprint density at radius 2 is 1.73 bits per heavy atom. The van der Waals surface area contributed by atoms with Crippen molar-refractivity contribution in [2.75, 3.05) is 48.0 Å². The number of morpholine rings is 1. The van der Waals surface area contributed by atoms with Crippen LogP contribution in [0.1, 0.15) is 27.5 Å². The van der Waals surface area contributed by atoms with Crippen molar-refractivity contribution in [2.45, 2.75) is 12.6 Å². The van der Waals surface area contributed by atoms with Gasteiger partial charge in [0.15, 0.2) is 0 Å². The van der Waals surface area contributed by atoms with Crippen molar-refractivity contribution in [2.24, 2.45) is 0 Å². The van der Waals surface area contributed by atoms with Crippen molar-refractivity contribution in [1.82, 2.24) is 9.88 Å². The van der Waals surface area contributed by atoms with Gasteiger partial charge in [-0.1, -0.05) is 30.3 Å². The number of Topliss-reactive ketones (excluding diaryl/α,β-unsaturated/α-hetero) is 1. The van der Waals surface area contributed by atoms with Gasteiger partial charge in [0.2, 0.25) is 5.91 Å². The summed E-state index contributed by atoms with van der Waals surface area (Å²) in [4.78, 5) is 62.5. The number of ether oxygens (including phenoxy) is 1. The molecule has 3 amide bonds. The van der Waals surface area contributed by atoms with Crippen LogP contribution in [0.25, 0.3) is 0 Å². The summed E-state index contributed by atoms with van der Waals surface area (Å²) in [6.45, 7) is 2.21. The molecule has 6 rings (SSSR count). The largest absolute Gasteiger partial charge is 0.378 e. The molecule has 1 aromatic heterocycles. The Hall–Kier alpha value is -5.42. The average molecular weight is 608 g/mol. The van der Waals surface area contributed by atoms with Crippen LogP contribution in [-0.2, 0) is 25.7 Å². The molecule has 0 bridgehead atoms. The summed E-state index contributed by atoms with van der Waals surface area (Å²) in [6.07, 6.45) is 3.14. The number of pyridine rings is 1. The van der Waals surface area contributed by atoms with E-state index >= 15 is 0 Å². The molecule has 1 fully saturated rings. The van der Waals surface area contributed by atoms with Gasteiger partial charge in [0.05, 0.1) is 24.5 Å². The van der Waals surface area contributed by atoms with Crippen molar-refractivity contribution in [1.29, 1.82) is 0 Å². The number of carbonyl (C=O) groups is 4. The van der Waals surface area contributed by atoms with Gasteiger partial charge in [0.1, 0.15) is 18.4 Å². The molecule has 11 heteroatoms. The van der Waals surface area contributed by atoms with Crippen molar-refractivity contribution < 1.29 is 28.3 Å². The van der Waals surface area contributed by atoms with E-state index in [2.05, 4.69) is 15.2 Å². The molecule has 2 aliphatic heterocycles. The van der Waals surface area contributed by atoms with Crippen molar-refractivity contribution >= 4 is 40.6 Å². The third-order valence-corrected chi connectivity index (χ3v) is 7.80. The molecule has 0 aliphatic carbocycles. The number of hydrogen-bond donors (Lipinski definition) is 1. The van der Waals surface area contributed by atoms with E-state index in [9.17, 15) is 23.6 Å². The first-order valence-electron chi connectivity index (χ1n) is 14.5. The van der Waals surface area contributed by atoms with Gasteiger partial charge in [-0.3, -0.25) is 29.1 Å². The second kappa shape index (κ2) is 13.1. The molecule has 1 unspecified atom stereocenters. The maximum absolute atomic E-state index is 14.6. The number of anilines is 3. The van der Waals surface area contributed by atoms with Crippen molar-refractivity contribution in [3.05, 3.63) is 120 Å². The molecule has 4 aromatic rings. The third kappa shape index (κ3) is 6.43. The molecule has 3 aromatic carbocycles. The van der Waals surface area contributed by atoms with E-state index in [1.54, 1.807) is 60.9 Å². The maximum Gasteiger partial charge on any atom is 0.299 e. The van der Waals surface area contributed by atoms with Crippen molar-refractivity contribution in [3.63, 3.8) is 0 Å². The SMILES string of the molecule is O=C1C(=O)N(CC(=O)N(Cc2cccnc2)C(C(=O)Nc2ccc(N3CCOCC3)cc2)c2cccc(F)c2)c2ccccc21. The molecular formula is C34H30FN5O5. The standard InChI is InChI=1S/C34H30FN5O5/c35-25-7-3-6-24(19-25)31(33(43)37-26-10-12-27(13-11-26)38-15-17-45-18-16-38)40(21-23-5-4-14-36-20-23)30(41)22-39-29-9-2-1-8-28(29)32(42)34(39)44/h1-14,19-20,31H,15-18,21-22H2,(H,37,43). The summed E-state index contributed by atoms with van der Waals surface area (Å²) >= 11 is 0. The van der Waals surface area contributed by atoms with Gasteiger partial charge in [-0.2, -0.15) is 0 Å². The van der Waals surface area contributed by atoms with Crippen LogP contribution in [0.5, 0.6) is 0 Å². The van der Waals surface area contributed by atoms with E-state index in [1.807, 2.05) is 12.1 Å². The second-order valence-corrected chi connectivity index (χ2v) is 10.7. The number of carbonyl (C=O) groups excluding carboxylic acids is 4. The second-order valence-electron chi connectivity index (χ2n) is 10.7. The Kier molecular flexibility index (Phi) is 8.61. The van der Waals surface area contributed by atoms with Crippen LogP contribution in [0.2, 0.25) is 0 Å². The van der Waals surface area contributed by atoms with E-state index in [-0.39, 0.29) is 17.7 Å². The number of nitrogens with one attached hydrogen (secondary N) is 1. The molecule has 0 radical (unpaired) electrons. The lowest BCUT2D eigenvalue weighted by Gasteiger charge is -2.33. The van der Waals surface area contributed by atoms with E-state index in [0.29, 0.717) is 30.2 Å². The minimum Gasteiger partial charge on any atom is -0.378 e. The Balaban J connectivity index is 1.33. The van der Waals surface area contributed by atoms with E-state index in [0.717, 1.165) is 23.7 Å². The van der Waals surface area contributed by atoms with Gasteiger partial charge in [-0.25, -0.2) is 4.39 Å². The Morgan fingerprint density at radius 1 is 0.956 bits per heavy atom. The predicted octanol–water partition coefficient (Wildman–Crippen LogP) is 4.00. The zero-order valence-electron chi connectivity index (χ0n) is 24.3. The first-order valence-corrected chi connectivity index (χ1v) is 14.5. The highest BCUT2D eigenvalue weighted by Crippen LogP contribution is 2.31. The van der Waals surface area contributed by atoms with Gasteiger partial charge in [-0.05, 0) is 65.7 Å². The first kappa shape index (κ1) is 29.6. The molecule has 1 N–H and O–H groups in total. The summed E-state index contributed by atoms with van der Waals surface area (Å²) in [7, 11) is 0. The smallest absolute Gasteiger partial charge is 0.299 e. The summed E-state index contributed by atoms with van der Waals surface area (Å²) in [5, 5.41) is 2.89. The number of ketones is 1. The van der Waals surface area contributed by atoms with Gasteiger partial charge >= 0.3 is 0 Å². The van der Waals surface area contributed by atoms with Crippen LogP contribution in [0.4, 0.5) is 21.5 Å². The number of hydrogen-bond acceptors (Lipinski definition) is 7. The fourth-order valence-corrected chi connectivity index (χ4v) is 5.58. The highest BCUT2D eigenvalue weighted by molar-refractivity contribution is 6.52. The number of rotatable bonds is 9. The van der Waals surface area contributed by atoms with Crippen LogP contribution in [0.15, 0.2) is 97.3 Å². The number of nitrogens with zero attached hydrogens (tertiary/aromatic N) is 4. The summed E-state index contributed by atoms with van der Waals surface area (Å²) in [5.74, 6) is -3.33. The number of fused-ring (bicyclic) bond motifs is 1. The molecule has 0 spiro atoms. The van der Waals surface area contributed by atoms with Crippen LogP contribution in [0, 0.1) is 5.82 Å². The molecule has 228 valence electrons. The maximum atomic E-state index is 14.6. The average Bonchev–Trinajstić information content (AvgIpc) is 3.30. The molecule has 45 heavy (non-hydrogen) atoms. The summed E-state index contributed by atoms with van der Waals surface area (Å²) in [5.41, 5.74) is 2.83. The van der Waals surface area contributed by atoms with E-state index in [1.165, 1.54) is 29.2 Å². The zero-order valence-corrected chi connectivity index (χ0v) is 24.3. The fourth-order valence-electron chi connectivity index (χ4n) is 5.58. The van der Waals surface area contributed by atoms with Crippen LogP contribution in [0.3, 0.4) is 0 Å². The highest BCUT2D eigenvalue weighted by Gasteiger charge is 2.39. The lowest BCUT2D eigenvalue weighted by atomic mass is 10.0. The van der Waals surface area contributed by atoms with Gasteiger partial charge < -0.3 is 19.9 Å². The van der Waals surface area contributed by atoms with Gasteiger partial charge in [0.25, 0.3) is 17.6 Å². The quantitative estimate of drug-likeness (QED) is 0.287. The molecule has 2 aliphatic rings. The lowest BCUT2D eigenvalue weighted by molar-refractivity contribution is -0.139. The summed E-state index contributed by atoms with van der Waals surface area (Å²) in [6, 6.07) is 21.4. The molecule has 0 saturated carbocycles. The monoisotopic (exact) mass is 607 g/mol. The number of halogens is 1. The Morgan fingerprint density at radius 3 is 2.47 bits per heavy atom. The van der Waals surface area contributed by atoms with E-state index in [4.69, 9.17) is 4.74 Å². The number of para-hydroxylation sites is 1. The minimum atomic E-state index is -1.30. The van der Waals surface area contributed by atoms with Gasteiger partial charge in [0, 0.05) is 43.4 Å². The number of aromatic nitrogens is 1. The number of amides is 3.